The van der Waals surface area contributed by atoms with Crippen molar-refractivity contribution in [1.29, 1.82) is 0 Å². The van der Waals surface area contributed by atoms with E-state index in [4.69, 9.17) is 0 Å². The normalized spacial score (nSPS) is 21.6. The van der Waals surface area contributed by atoms with Gasteiger partial charge in [0, 0.05) is 37.8 Å². The van der Waals surface area contributed by atoms with Crippen LogP contribution in [0.3, 0.4) is 0 Å². The lowest BCUT2D eigenvalue weighted by Gasteiger charge is -2.49. The summed E-state index contributed by atoms with van der Waals surface area (Å²) in [6.07, 6.45) is 10.1. The lowest BCUT2D eigenvalue weighted by atomic mass is 10.0. The van der Waals surface area contributed by atoms with E-state index in [0.29, 0.717) is 26.0 Å². The van der Waals surface area contributed by atoms with Crippen LogP contribution in [0.15, 0.2) is 55.2 Å². The van der Waals surface area contributed by atoms with Gasteiger partial charge in [0.1, 0.15) is 23.8 Å². The van der Waals surface area contributed by atoms with Gasteiger partial charge in [-0.25, -0.2) is 23.6 Å². The zero-order valence-corrected chi connectivity index (χ0v) is 20.6. The zero-order chi connectivity index (χ0) is 26.2. The fourth-order valence-electron chi connectivity index (χ4n) is 4.45. The molecule has 1 heterocycles. The van der Waals surface area contributed by atoms with Crippen molar-refractivity contribution in [2.45, 2.75) is 39.0 Å². The highest BCUT2D eigenvalue weighted by molar-refractivity contribution is 5.85. The van der Waals surface area contributed by atoms with E-state index < -0.39 is 35.8 Å². The van der Waals surface area contributed by atoms with Gasteiger partial charge >= 0.3 is 6.03 Å². The molecule has 1 aromatic rings. The molecule has 1 fully saturated rings. The molecule has 0 bridgehead atoms. The summed E-state index contributed by atoms with van der Waals surface area (Å²) in [4.78, 5) is 41.4. The van der Waals surface area contributed by atoms with Gasteiger partial charge in [-0.1, -0.05) is 43.4 Å². The number of benzene rings is 1. The van der Waals surface area contributed by atoms with Crippen LogP contribution in [0.25, 0.3) is 0 Å². The lowest BCUT2D eigenvalue weighted by Crippen LogP contribution is -2.70. The highest BCUT2D eigenvalue weighted by Gasteiger charge is 2.43. The second-order valence-electron chi connectivity index (χ2n) is 8.80. The Labute approximate surface area is 210 Å². The molecule has 194 valence electrons. The Morgan fingerprint density at radius 1 is 1.31 bits per heavy atom. The number of urea groups is 1. The fourth-order valence-corrected chi connectivity index (χ4v) is 4.45. The molecular weight excluding hydrogens is 468 g/mol. The van der Waals surface area contributed by atoms with E-state index in [9.17, 15) is 23.2 Å². The standard InChI is InChI=1S/C26H33F2N5O3/c1-4-13-31(5-2)33(26(36)29-15-20-9-7-6-8-10-20)24-17-30(25(35)19(3)32(24)18-34)16-21-11-12-22(27)14-23(21)28/h4,6-9,11-12,14,18-20,24H,1,5,10,13,15-17H2,2-3H3,(H,29,36)/t19-,20?,24?/m0/s1. The Morgan fingerprint density at radius 2 is 2.08 bits per heavy atom. The number of nitrogens with zero attached hydrogens (tertiary/aromatic N) is 4. The maximum absolute atomic E-state index is 14.4. The monoisotopic (exact) mass is 501 g/mol. The molecule has 1 aliphatic heterocycles. The first-order valence-corrected chi connectivity index (χ1v) is 12.0. The number of hydrogen-bond donors (Lipinski definition) is 1. The molecular formula is C26H33F2N5O3. The van der Waals surface area contributed by atoms with Crippen molar-refractivity contribution in [3.63, 3.8) is 0 Å². The fraction of sp³-hybridized carbons (Fsp3) is 0.423. The molecule has 1 aliphatic carbocycles. The summed E-state index contributed by atoms with van der Waals surface area (Å²) in [5.41, 5.74) is 0.141. The first-order valence-electron chi connectivity index (χ1n) is 12.0. The van der Waals surface area contributed by atoms with Crippen LogP contribution >= 0.6 is 0 Å². The van der Waals surface area contributed by atoms with E-state index in [0.717, 1.165) is 18.6 Å². The molecule has 3 rings (SSSR count). The highest BCUT2D eigenvalue weighted by atomic mass is 19.1. The van der Waals surface area contributed by atoms with Gasteiger partial charge < -0.3 is 15.1 Å². The molecule has 2 aliphatic rings. The molecule has 0 spiro atoms. The largest absolute Gasteiger partial charge is 0.336 e. The van der Waals surface area contributed by atoms with Crippen LogP contribution in [-0.4, -0.2) is 76.6 Å². The Hall–Kier alpha value is -3.53. The van der Waals surface area contributed by atoms with E-state index >= 15 is 0 Å². The van der Waals surface area contributed by atoms with Gasteiger partial charge in [-0.2, -0.15) is 0 Å². The number of nitrogens with one attached hydrogen (secondary N) is 1. The van der Waals surface area contributed by atoms with E-state index in [1.54, 1.807) is 18.0 Å². The Balaban J connectivity index is 1.89. The summed E-state index contributed by atoms with van der Waals surface area (Å²) in [7, 11) is 0. The summed E-state index contributed by atoms with van der Waals surface area (Å²) in [5.74, 6) is -1.74. The van der Waals surface area contributed by atoms with Crippen LogP contribution in [0, 0.1) is 17.6 Å². The number of allylic oxidation sites excluding steroid dienone is 3. The summed E-state index contributed by atoms with van der Waals surface area (Å²) in [6.45, 7) is 8.19. The van der Waals surface area contributed by atoms with Gasteiger partial charge in [-0.05, 0) is 25.3 Å². The lowest BCUT2D eigenvalue weighted by molar-refractivity contribution is -0.165. The van der Waals surface area contributed by atoms with E-state index in [-0.39, 0.29) is 24.6 Å². The molecule has 8 nitrogen and oxygen atoms in total. The minimum atomic E-state index is -0.895. The third-order valence-corrected chi connectivity index (χ3v) is 6.43. The molecule has 1 N–H and O–H groups in total. The van der Waals surface area contributed by atoms with Gasteiger partial charge in [-0.15, -0.1) is 6.58 Å². The summed E-state index contributed by atoms with van der Waals surface area (Å²) >= 11 is 0. The van der Waals surface area contributed by atoms with Crippen molar-refractivity contribution >= 4 is 18.3 Å². The highest BCUT2D eigenvalue weighted by Crippen LogP contribution is 2.23. The number of piperazine rings is 1. The van der Waals surface area contributed by atoms with Gasteiger partial charge in [-0.3, -0.25) is 9.59 Å². The van der Waals surface area contributed by atoms with Crippen LogP contribution in [0.1, 0.15) is 25.8 Å². The van der Waals surface area contributed by atoms with E-state index in [1.807, 2.05) is 31.2 Å². The topological polar surface area (TPSA) is 76.2 Å². The van der Waals surface area contributed by atoms with Crippen LogP contribution < -0.4 is 5.32 Å². The smallest absolute Gasteiger partial charge is 0.333 e. The van der Waals surface area contributed by atoms with E-state index in [1.165, 1.54) is 20.9 Å². The summed E-state index contributed by atoms with van der Waals surface area (Å²) in [5, 5.41) is 6.13. The number of amides is 4. The quantitative estimate of drug-likeness (QED) is 0.304. The Kier molecular flexibility index (Phi) is 9.35. The van der Waals surface area contributed by atoms with Gasteiger partial charge in [0.2, 0.25) is 12.3 Å². The number of carbonyl (C=O) groups is 3. The van der Waals surface area contributed by atoms with Crippen LogP contribution in [-0.2, 0) is 16.1 Å². The average molecular weight is 502 g/mol. The molecule has 0 aromatic heterocycles. The van der Waals surface area contributed by atoms with Crippen molar-refractivity contribution in [2.75, 3.05) is 26.2 Å². The second-order valence-corrected chi connectivity index (χ2v) is 8.80. The molecule has 4 amide bonds. The first kappa shape index (κ1) is 27.1. The third kappa shape index (κ3) is 6.17. The SMILES string of the molecule is C=CCN(CC)N(C(=O)NCC1C=CC=CC1)C1CN(Cc2ccc(F)cc2F)C(=O)[C@H](C)N1C=O. The summed E-state index contributed by atoms with van der Waals surface area (Å²) < 4.78 is 27.8. The maximum atomic E-state index is 14.4. The number of hydrazine groups is 1. The minimum Gasteiger partial charge on any atom is -0.336 e. The van der Waals surface area contributed by atoms with Crippen molar-refractivity contribution in [3.05, 3.63) is 72.4 Å². The number of likely N-dealkylation sites (N-methyl/N-ethyl adjacent to an activating group) is 1. The molecule has 0 saturated carbocycles. The van der Waals surface area contributed by atoms with Gasteiger partial charge in [0.15, 0.2) is 0 Å². The Morgan fingerprint density at radius 3 is 2.69 bits per heavy atom. The second kappa shape index (κ2) is 12.4. The number of halogens is 2. The molecule has 3 atom stereocenters. The average Bonchev–Trinajstić information content (AvgIpc) is 2.87. The van der Waals surface area contributed by atoms with Crippen LogP contribution in [0.2, 0.25) is 0 Å². The van der Waals surface area contributed by atoms with Crippen molar-refractivity contribution in [3.8, 4) is 0 Å². The van der Waals surface area contributed by atoms with Crippen molar-refractivity contribution in [2.24, 2.45) is 5.92 Å². The predicted molar refractivity (Wildman–Crippen MR) is 132 cm³/mol. The number of carbonyl (C=O) groups excluding carboxylic acids is 3. The van der Waals surface area contributed by atoms with Gasteiger partial charge in [0.05, 0.1) is 6.54 Å². The molecule has 10 heteroatoms. The molecule has 36 heavy (non-hydrogen) atoms. The minimum absolute atomic E-state index is 0.0497. The molecule has 1 saturated heterocycles. The van der Waals surface area contributed by atoms with Crippen LogP contribution in [0.5, 0.6) is 0 Å². The zero-order valence-electron chi connectivity index (χ0n) is 20.6. The molecule has 1 aromatic carbocycles. The number of hydrogen-bond acceptors (Lipinski definition) is 4. The Bertz CT molecular complexity index is 1030. The van der Waals surface area contributed by atoms with Crippen molar-refractivity contribution in [1.82, 2.24) is 25.1 Å². The van der Waals surface area contributed by atoms with Gasteiger partial charge in [0.25, 0.3) is 0 Å². The first-order chi connectivity index (χ1) is 17.3. The predicted octanol–water partition coefficient (Wildman–Crippen LogP) is 3.05. The van der Waals surface area contributed by atoms with Crippen LogP contribution in [0.4, 0.5) is 13.6 Å². The molecule has 2 unspecified atom stereocenters. The molecule has 0 radical (unpaired) electrons. The maximum Gasteiger partial charge on any atom is 0.333 e. The van der Waals surface area contributed by atoms with E-state index in [2.05, 4.69) is 11.9 Å². The third-order valence-electron chi connectivity index (χ3n) is 6.43. The summed E-state index contributed by atoms with van der Waals surface area (Å²) in [6, 6.07) is 1.86. The number of rotatable bonds is 10. The van der Waals surface area contributed by atoms with Crippen molar-refractivity contribution < 1.29 is 23.2 Å².